The van der Waals surface area contributed by atoms with Gasteiger partial charge < -0.3 is 10.4 Å². The topological polar surface area (TPSA) is 49.3 Å². The number of hydrogen-bond donors (Lipinski definition) is 2. The SMILES string of the molecule is O=C(NC1CC(O)C1)C1CSc2ccccc21. The normalized spacial score (nSPS) is 30.5. The van der Waals surface area contributed by atoms with Crippen LogP contribution >= 0.6 is 11.8 Å². The predicted octanol–water partition coefficient (Wildman–Crippen LogP) is 1.52. The van der Waals surface area contributed by atoms with E-state index in [1.807, 2.05) is 18.2 Å². The lowest BCUT2D eigenvalue weighted by Crippen LogP contribution is -2.48. The molecule has 0 spiro atoms. The molecule has 1 aliphatic carbocycles. The van der Waals surface area contributed by atoms with Crippen LogP contribution in [0.5, 0.6) is 0 Å². The Labute approximate surface area is 105 Å². The molecule has 0 saturated heterocycles. The lowest BCUT2D eigenvalue weighted by molar-refractivity contribution is -0.124. The minimum Gasteiger partial charge on any atom is -0.393 e. The highest BCUT2D eigenvalue weighted by Crippen LogP contribution is 2.39. The number of aliphatic hydroxyl groups is 1. The number of carbonyl (C=O) groups is 1. The summed E-state index contributed by atoms with van der Waals surface area (Å²) in [5.41, 5.74) is 1.15. The first-order valence-electron chi connectivity index (χ1n) is 5.94. The molecule has 1 saturated carbocycles. The van der Waals surface area contributed by atoms with Crippen molar-refractivity contribution < 1.29 is 9.90 Å². The molecule has 4 heteroatoms. The van der Waals surface area contributed by atoms with E-state index in [-0.39, 0.29) is 24.0 Å². The van der Waals surface area contributed by atoms with Crippen molar-refractivity contribution in [3.63, 3.8) is 0 Å². The van der Waals surface area contributed by atoms with Crippen LogP contribution < -0.4 is 5.32 Å². The molecule has 2 aliphatic rings. The van der Waals surface area contributed by atoms with Crippen LogP contribution in [-0.2, 0) is 4.79 Å². The van der Waals surface area contributed by atoms with Crippen molar-refractivity contribution in [1.29, 1.82) is 0 Å². The second-order valence-electron chi connectivity index (χ2n) is 4.73. The Morgan fingerprint density at radius 2 is 2.12 bits per heavy atom. The first kappa shape index (κ1) is 11.1. The van der Waals surface area contributed by atoms with Crippen molar-refractivity contribution in [1.82, 2.24) is 5.32 Å². The van der Waals surface area contributed by atoms with Crippen LogP contribution in [0.1, 0.15) is 24.3 Å². The van der Waals surface area contributed by atoms with Gasteiger partial charge in [-0.1, -0.05) is 18.2 Å². The third-order valence-corrected chi connectivity index (χ3v) is 4.66. The molecule has 1 amide bonds. The molecule has 1 fully saturated rings. The lowest BCUT2D eigenvalue weighted by Gasteiger charge is -2.32. The van der Waals surface area contributed by atoms with Gasteiger partial charge in [0.1, 0.15) is 0 Å². The number of benzene rings is 1. The van der Waals surface area contributed by atoms with Gasteiger partial charge in [0, 0.05) is 16.7 Å². The van der Waals surface area contributed by atoms with Crippen molar-refractivity contribution in [3.05, 3.63) is 29.8 Å². The van der Waals surface area contributed by atoms with Gasteiger partial charge in [-0.05, 0) is 24.5 Å². The molecule has 1 aliphatic heterocycles. The summed E-state index contributed by atoms with van der Waals surface area (Å²) in [5, 5.41) is 12.2. The first-order chi connectivity index (χ1) is 8.24. The summed E-state index contributed by atoms with van der Waals surface area (Å²) in [4.78, 5) is 13.3. The maximum absolute atomic E-state index is 12.1. The molecule has 0 radical (unpaired) electrons. The van der Waals surface area contributed by atoms with E-state index in [1.54, 1.807) is 11.8 Å². The summed E-state index contributed by atoms with van der Waals surface area (Å²) in [6, 6.07) is 8.28. The number of carbonyl (C=O) groups excluding carboxylic acids is 1. The van der Waals surface area contributed by atoms with Gasteiger partial charge in [-0.3, -0.25) is 4.79 Å². The third kappa shape index (κ3) is 2.07. The maximum Gasteiger partial charge on any atom is 0.228 e. The van der Waals surface area contributed by atoms with Gasteiger partial charge in [0.15, 0.2) is 0 Å². The summed E-state index contributed by atoms with van der Waals surface area (Å²) in [6.45, 7) is 0. The number of hydrogen-bond acceptors (Lipinski definition) is 3. The second kappa shape index (κ2) is 4.35. The summed E-state index contributed by atoms with van der Waals surface area (Å²) in [5.74, 6) is 0.925. The van der Waals surface area contributed by atoms with Gasteiger partial charge >= 0.3 is 0 Å². The minimum absolute atomic E-state index is 0.0195. The fraction of sp³-hybridized carbons (Fsp3) is 0.462. The monoisotopic (exact) mass is 249 g/mol. The molecule has 0 aromatic heterocycles. The van der Waals surface area contributed by atoms with Gasteiger partial charge in [0.25, 0.3) is 0 Å². The zero-order valence-corrected chi connectivity index (χ0v) is 10.2. The smallest absolute Gasteiger partial charge is 0.228 e. The molecule has 1 aromatic carbocycles. The van der Waals surface area contributed by atoms with E-state index in [9.17, 15) is 9.90 Å². The molecule has 90 valence electrons. The van der Waals surface area contributed by atoms with Crippen LogP contribution in [0, 0.1) is 0 Å². The highest BCUT2D eigenvalue weighted by Gasteiger charge is 2.33. The van der Waals surface area contributed by atoms with E-state index in [0.717, 1.165) is 11.3 Å². The Kier molecular flexibility index (Phi) is 2.84. The summed E-state index contributed by atoms with van der Waals surface area (Å²) < 4.78 is 0. The van der Waals surface area contributed by atoms with Crippen molar-refractivity contribution >= 4 is 17.7 Å². The van der Waals surface area contributed by atoms with Crippen LogP contribution in [0.2, 0.25) is 0 Å². The van der Waals surface area contributed by atoms with Gasteiger partial charge in [0.2, 0.25) is 5.91 Å². The number of rotatable bonds is 2. The van der Waals surface area contributed by atoms with E-state index < -0.39 is 0 Å². The molecule has 3 rings (SSSR count). The molecule has 1 atom stereocenters. The maximum atomic E-state index is 12.1. The van der Waals surface area contributed by atoms with E-state index in [1.165, 1.54) is 4.90 Å². The van der Waals surface area contributed by atoms with Gasteiger partial charge in [-0.2, -0.15) is 0 Å². The Balaban J connectivity index is 1.67. The number of amides is 1. The highest BCUT2D eigenvalue weighted by atomic mass is 32.2. The highest BCUT2D eigenvalue weighted by molar-refractivity contribution is 7.99. The number of fused-ring (bicyclic) bond motifs is 1. The zero-order chi connectivity index (χ0) is 11.8. The molecule has 1 unspecified atom stereocenters. The molecular weight excluding hydrogens is 234 g/mol. The van der Waals surface area contributed by atoms with Crippen LogP contribution in [0.3, 0.4) is 0 Å². The largest absolute Gasteiger partial charge is 0.393 e. The predicted molar refractivity (Wildman–Crippen MR) is 67.1 cm³/mol. The van der Waals surface area contributed by atoms with Crippen molar-refractivity contribution in [2.75, 3.05) is 5.75 Å². The van der Waals surface area contributed by atoms with Crippen LogP contribution in [0.4, 0.5) is 0 Å². The Morgan fingerprint density at radius 1 is 1.35 bits per heavy atom. The summed E-state index contributed by atoms with van der Waals surface area (Å²) in [6.07, 6.45) is 1.19. The van der Waals surface area contributed by atoms with E-state index >= 15 is 0 Å². The Hall–Kier alpha value is -1.00. The van der Waals surface area contributed by atoms with Crippen molar-refractivity contribution in [3.8, 4) is 0 Å². The van der Waals surface area contributed by atoms with Crippen molar-refractivity contribution in [2.24, 2.45) is 0 Å². The van der Waals surface area contributed by atoms with E-state index in [0.29, 0.717) is 12.8 Å². The fourth-order valence-electron chi connectivity index (χ4n) is 2.39. The van der Waals surface area contributed by atoms with E-state index in [4.69, 9.17) is 0 Å². The lowest BCUT2D eigenvalue weighted by atomic mass is 9.88. The quantitative estimate of drug-likeness (QED) is 0.835. The molecular formula is C13H15NO2S. The summed E-state index contributed by atoms with van der Waals surface area (Å²) in [7, 11) is 0. The third-order valence-electron chi connectivity index (χ3n) is 3.48. The molecule has 17 heavy (non-hydrogen) atoms. The number of nitrogens with one attached hydrogen (secondary N) is 1. The Morgan fingerprint density at radius 3 is 2.88 bits per heavy atom. The molecule has 2 N–H and O–H groups in total. The average molecular weight is 249 g/mol. The Bertz CT molecular complexity index is 443. The van der Waals surface area contributed by atoms with Crippen LogP contribution in [0.25, 0.3) is 0 Å². The molecule has 0 bridgehead atoms. The van der Waals surface area contributed by atoms with E-state index in [2.05, 4.69) is 11.4 Å². The van der Waals surface area contributed by atoms with Gasteiger partial charge in [-0.15, -0.1) is 11.8 Å². The summed E-state index contributed by atoms with van der Waals surface area (Å²) >= 11 is 1.75. The fourth-order valence-corrected chi connectivity index (χ4v) is 3.62. The molecule has 3 nitrogen and oxygen atoms in total. The minimum atomic E-state index is -0.217. The standard InChI is InChI=1S/C13H15NO2S/c15-9-5-8(6-9)14-13(16)11-7-17-12-4-2-1-3-10(11)12/h1-4,8-9,11,15H,5-7H2,(H,14,16). The first-order valence-corrected chi connectivity index (χ1v) is 6.93. The number of thioether (sulfide) groups is 1. The zero-order valence-electron chi connectivity index (χ0n) is 9.43. The van der Waals surface area contributed by atoms with Crippen LogP contribution in [-0.4, -0.2) is 28.9 Å². The molecule has 1 aromatic rings. The number of aliphatic hydroxyl groups excluding tert-OH is 1. The second-order valence-corrected chi connectivity index (χ2v) is 5.79. The van der Waals surface area contributed by atoms with Gasteiger partial charge in [0.05, 0.1) is 12.0 Å². The van der Waals surface area contributed by atoms with Crippen molar-refractivity contribution in [2.45, 2.75) is 35.8 Å². The average Bonchev–Trinajstić information content (AvgIpc) is 2.70. The molecule has 1 heterocycles. The van der Waals surface area contributed by atoms with Crippen LogP contribution in [0.15, 0.2) is 29.2 Å². The van der Waals surface area contributed by atoms with Gasteiger partial charge in [-0.25, -0.2) is 0 Å².